The molecule has 0 radical (unpaired) electrons. The smallest absolute Gasteiger partial charge is 0.270 e. The Hall–Kier alpha value is -1.91. The quantitative estimate of drug-likeness (QED) is 0.657. The Morgan fingerprint density at radius 3 is 2.61 bits per heavy atom. The molecule has 1 N–H and O–H groups in total. The van der Waals surface area contributed by atoms with Crippen LogP contribution in [0.1, 0.15) is 48.5 Å². The van der Waals surface area contributed by atoms with Gasteiger partial charge in [-0.3, -0.25) is 14.9 Å². The molecule has 2 rings (SSSR count). The van der Waals surface area contributed by atoms with Crippen molar-refractivity contribution < 1.29 is 9.72 Å². The molecule has 1 aromatic carbocycles. The number of hydrogen-bond acceptors (Lipinski definition) is 3. The Balaban J connectivity index is 2.35. The summed E-state index contributed by atoms with van der Waals surface area (Å²) in [6, 6.07) is 4.73. The first-order valence-electron chi connectivity index (χ1n) is 6.08. The van der Waals surface area contributed by atoms with E-state index in [2.05, 4.69) is 5.32 Å². The Labute approximate surface area is 105 Å². The minimum Gasteiger partial charge on any atom is -0.349 e. The van der Waals surface area contributed by atoms with Crippen LogP contribution in [0.25, 0.3) is 0 Å². The van der Waals surface area contributed by atoms with Crippen LogP contribution in [0.3, 0.4) is 0 Å². The first kappa shape index (κ1) is 12.5. The zero-order valence-corrected chi connectivity index (χ0v) is 10.5. The SMILES string of the molecule is CC(C)c1ccc([N+](=O)[O-])cc1C(=O)NC1CC1. The summed E-state index contributed by atoms with van der Waals surface area (Å²) in [6.45, 7) is 3.93. The van der Waals surface area contributed by atoms with Gasteiger partial charge >= 0.3 is 0 Å². The van der Waals surface area contributed by atoms with E-state index in [0.29, 0.717) is 5.56 Å². The van der Waals surface area contributed by atoms with Crippen LogP contribution in [0.4, 0.5) is 5.69 Å². The highest BCUT2D eigenvalue weighted by Crippen LogP contribution is 2.26. The zero-order chi connectivity index (χ0) is 13.3. The second-order valence-corrected chi connectivity index (χ2v) is 4.93. The number of non-ortho nitro benzene ring substituents is 1. The van der Waals surface area contributed by atoms with E-state index < -0.39 is 4.92 Å². The Kier molecular flexibility index (Phi) is 3.32. The molecule has 1 aliphatic rings. The number of hydrogen-bond donors (Lipinski definition) is 1. The summed E-state index contributed by atoms with van der Waals surface area (Å²) in [7, 11) is 0. The summed E-state index contributed by atoms with van der Waals surface area (Å²) in [5.74, 6) is -0.0457. The number of carbonyl (C=O) groups excluding carboxylic acids is 1. The van der Waals surface area contributed by atoms with Crippen LogP contribution >= 0.6 is 0 Å². The van der Waals surface area contributed by atoms with Gasteiger partial charge in [-0.15, -0.1) is 0 Å². The molecule has 0 atom stereocenters. The monoisotopic (exact) mass is 248 g/mol. The number of nitro benzene ring substituents is 1. The lowest BCUT2D eigenvalue weighted by Gasteiger charge is -2.12. The van der Waals surface area contributed by atoms with Gasteiger partial charge in [0.25, 0.3) is 11.6 Å². The first-order chi connectivity index (χ1) is 8.49. The Bertz CT molecular complexity index is 493. The van der Waals surface area contributed by atoms with E-state index in [1.54, 1.807) is 6.07 Å². The topological polar surface area (TPSA) is 72.2 Å². The van der Waals surface area contributed by atoms with Crippen molar-refractivity contribution in [2.24, 2.45) is 0 Å². The molecule has 0 aromatic heterocycles. The van der Waals surface area contributed by atoms with E-state index in [9.17, 15) is 14.9 Å². The van der Waals surface area contributed by atoms with E-state index in [1.807, 2.05) is 13.8 Å². The average Bonchev–Trinajstić information content (AvgIpc) is 3.11. The highest BCUT2D eigenvalue weighted by Gasteiger charge is 2.26. The fourth-order valence-electron chi connectivity index (χ4n) is 1.85. The molecule has 0 saturated heterocycles. The maximum Gasteiger partial charge on any atom is 0.270 e. The predicted octanol–water partition coefficient (Wildman–Crippen LogP) is 2.61. The number of amides is 1. The van der Waals surface area contributed by atoms with Gasteiger partial charge in [-0.25, -0.2) is 0 Å². The molecular weight excluding hydrogens is 232 g/mol. The minimum atomic E-state index is -0.474. The van der Waals surface area contributed by atoms with Gasteiger partial charge in [0, 0.05) is 23.7 Å². The lowest BCUT2D eigenvalue weighted by molar-refractivity contribution is -0.384. The van der Waals surface area contributed by atoms with Gasteiger partial charge in [-0.05, 0) is 24.3 Å². The van der Waals surface area contributed by atoms with Gasteiger partial charge in [-0.1, -0.05) is 19.9 Å². The van der Waals surface area contributed by atoms with Crippen molar-refractivity contribution in [3.8, 4) is 0 Å². The van der Waals surface area contributed by atoms with E-state index >= 15 is 0 Å². The normalized spacial score (nSPS) is 14.6. The molecule has 5 nitrogen and oxygen atoms in total. The molecular formula is C13H16N2O3. The van der Waals surface area contributed by atoms with E-state index in [-0.39, 0.29) is 23.6 Å². The van der Waals surface area contributed by atoms with E-state index in [0.717, 1.165) is 18.4 Å². The Morgan fingerprint density at radius 2 is 2.11 bits per heavy atom. The van der Waals surface area contributed by atoms with Crippen LogP contribution < -0.4 is 5.32 Å². The summed E-state index contributed by atoms with van der Waals surface area (Å²) in [5.41, 5.74) is 1.23. The van der Waals surface area contributed by atoms with E-state index in [1.165, 1.54) is 12.1 Å². The Morgan fingerprint density at radius 1 is 1.44 bits per heavy atom. The summed E-state index contributed by atoms with van der Waals surface area (Å²) in [5, 5.41) is 13.6. The van der Waals surface area contributed by atoms with Crippen LogP contribution in [-0.2, 0) is 0 Å². The number of carbonyl (C=O) groups is 1. The van der Waals surface area contributed by atoms with Gasteiger partial charge in [0.05, 0.1) is 4.92 Å². The van der Waals surface area contributed by atoms with Gasteiger partial charge < -0.3 is 5.32 Å². The predicted molar refractivity (Wildman–Crippen MR) is 67.7 cm³/mol. The molecule has 1 saturated carbocycles. The molecule has 1 amide bonds. The van der Waals surface area contributed by atoms with Crippen LogP contribution in [0.5, 0.6) is 0 Å². The van der Waals surface area contributed by atoms with Crippen molar-refractivity contribution in [2.45, 2.75) is 38.6 Å². The second-order valence-electron chi connectivity index (χ2n) is 4.93. The maximum absolute atomic E-state index is 12.1. The molecule has 0 aliphatic heterocycles. The third-order valence-corrected chi connectivity index (χ3v) is 3.03. The van der Waals surface area contributed by atoms with Crippen molar-refractivity contribution in [1.29, 1.82) is 0 Å². The molecule has 0 bridgehead atoms. The number of nitrogens with one attached hydrogen (secondary N) is 1. The van der Waals surface area contributed by atoms with Crippen LogP contribution in [-0.4, -0.2) is 16.9 Å². The third kappa shape index (κ3) is 2.67. The second kappa shape index (κ2) is 4.76. The summed E-state index contributed by atoms with van der Waals surface area (Å²) in [6.07, 6.45) is 2.00. The number of nitrogens with zero attached hydrogens (tertiary/aromatic N) is 1. The lowest BCUT2D eigenvalue weighted by atomic mass is 9.96. The fraction of sp³-hybridized carbons (Fsp3) is 0.462. The molecule has 0 spiro atoms. The summed E-state index contributed by atoms with van der Waals surface area (Å²) in [4.78, 5) is 22.4. The zero-order valence-electron chi connectivity index (χ0n) is 10.5. The fourth-order valence-corrected chi connectivity index (χ4v) is 1.85. The first-order valence-corrected chi connectivity index (χ1v) is 6.08. The molecule has 0 unspecified atom stereocenters. The van der Waals surface area contributed by atoms with Crippen LogP contribution in [0.2, 0.25) is 0 Å². The molecule has 96 valence electrons. The van der Waals surface area contributed by atoms with Crippen molar-refractivity contribution in [1.82, 2.24) is 5.32 Å². The van der Waals surface area contributed by atoms with Crippen molar-refractivity contribution >= 4 is 11.6 Å². The minimum absolute atomic E-state index is 0.0413. The molecule has 18 heavy (non-hydrogen) atoms. The van der Waals surface area contributed by atoms with Crippen molar-refractivity contribution in [3.05, 3.63) is 39.4 Å². The highest BCUT2D eigenvalue weighted by atomic mass is 16.6. The lowest BCUT2D eigenvalue weighted by Crippen LogP contribution is -2.26. The maximum atomic E-state index is 12.1. The number of nitro groups is 1. The van der Waals surface area contributed by atoms with Crippen molar-refractivity contribution in [2.75, 3.05) is 0 Å². The number of benzene rings is 1. The largest absolute Gasteiger partial charge is 0.349 e. The third-order valence-electron chi connectivity index (χ3n) is 3.03. The standard InChI is InChI=1S/C13H16N2O3/c1-8(2)11-6-5-10(15(17)18)7-12(11)13(16)14-9-3-4-9/h5-9H,3-4H2,1-2H3,(H,14,16). The van der Waals surface area contributed by atoms with Gasteiger partial charge in [0.1, 0.15) is 0 Å². The summed E-state index contributed by atoms with van der Waals surface area (Å²) >= 11 is 0. The highest BCUT2D eigenvalue weighted by molar-refractivity contribution is 5.96. The van der Waals surface area contributed by atoms with Crippen molar-refractivity contribution in [3.63, 3.8) is 0 Å². The molecule has 5 heteroatoms. The molecule has 1 aliphatic carbocycles. The van der Waals surface area contributed by atoms with Crippen LogP contribution in [0.15, 0.2) is 18.2 Å². The molecule has 1 aromatic rings. The molecule has 1 fully saturated rings. The molecule has 0 heterocycles. The van der Waals surface area contributed by atoms with Gasteiger partial charge in [-0.2, -0.15) is 0 Å². The number of rotatable bonds is 4. The van der Waals surface area contributed by atoms with Gasteiger partial charge in [0.2, 0.25) is 0 Å². The summed E-state index contributed by atoms with van der Waals surface area (Å²) < 4.78 is 0. The average molecular weight is 248 g/mol. The van der Waals surface area contributed by atoms with Crippen LogP contribution in [0, 0.1) is 10.1 Å². The van der Waals surface area contributed by atoms with E-state index in [4.69, 9.17) is 0 Å². The van der Waals surface area contributed by atoms with Gasteiger partial charge in [0.15, 0.2) is 0 Å².